The molecule has 0 spiro atoms. The number of hydrogen-bond donors (Lipinski definition) is 0. The molecule has 6 heteroatoms. The zero-order valence-corrected chi connectivity index (χ0v) is 67.5. The highest BCUT2D eigenvalue weighted by molar-refractivity contribution is 7.01. The molecule has 0 amide bonds. The van der Waals surface area contributed by atoms with Crippen LogP contribution < -0.4 is 52.4 Å². The molecule has 18 rings (SSSR count). The van der Waals surface area contributed by atoms with Crippen molar-refractivity contribution >= 4 is 114 Å². The van der Waals surface area contributed by atoms with Gasteiger partial charge in [0.2, 0.25) is 0 Å². The molecule has 0 saturated heterocycles. The van der Waals surface area contributed by atoms with Gasteiger partial charge in [-0.25, -0.2) is 0 Å². The van der Waals surface area contributed by atoms with E-state index in [1.807, 2.05) is 0 Å². The predicted molar refractivity (Wildman–Crippen MR) is 481 cm³/mol. The second kappa shape index (κ2) is 27.5. The van der Waals surface area contributed by atoms with Gasteiger partial charge in [0.1, 0.15) is 0 Å². The van der Waals surface area contributed by atoms with Gasteiger partial charge in [-0.3, -0.25) is 0 Å². The predicted octanol–water partition coefficient (Wildman–Crippen LogP) is 25.0. The first-order chi connectivity index (χ1) is 53.1. The molecule has 546 valence electrons. The minimum Gasteiger partial charge on any atom is -0.311 e. The molecular formula is C105H100B2N4. The Kier molecular flexibility index (Phi) is 17.9. The summed E-state index contributed by atoms with van der Waals surface area (Å²) in [6, 6.07) is 119. The smallest absolute Gasteiger partial charge is 0.252 e. The van der Waals surface area contributed by atoms with Crippen molar-refractivity contribution in [1.82, 2.24) is 0 Å². The summed E-state index contributed by atoms with van der Waals surface area (Å²) < 4.78 is 0. The Morgan fingerprint density at radius 1 is 0.189 bits per heavy atom. The van der Waals surface area contributed by atoms with Gasteiger partial charge < -0.3 is 19.6 Å². The lowest BCUT2D eigenvalue weighted by Crippen LogP contribution is -2.61. The van der Waals surface area contributed by atoms with Gasteiger partial charge in [-0.15, -0.1) is 0 Å². The van der Waals surface area contributed by atoms with Crippen LogP contribution in [0.1, 0.15) is 137 Å². The van der Waals surface area contributed by atoms with Gasteiger partial charge >= 0.3 is 0 Å². The first kappa shape index (κ1) is 72.3. The zero-order chi connectivity index (χ0) is 77.2. The third kappa shape index (κ3) is 13.3. The van der Waals surface area contributed by atoms with Crippen LogP contribution in [0.4, 0.5) is 68.2 Å². The van der Waals surface area contributed by atoms with E-state index in [0.717, 1.165) is 11.4 Å². The van der Waals surface area contributed by atoms with Gasteiger partial charge in [-0.2, -0.15) is 0 Å². The summed E-state index contributed by atoms with van der Waals surface area (Å²) in [5, 5.41) is 0. The topological polar surface area (TPSA) is 13.0 Å². The van der Waals surface area contributed by atoms with Crippen molar-refractivity contribution in [3.63, 3.8) is 0 Å². The number of hydrogen-bond acceptors (Lipinski definition) is 4. The van der Waals surface area contributed by atoms with Gasteiger partial charge in [0.25, 0.3) is 13.4 Å². The first-order valence-corrected chi connectivity index (χ1v) is 39.9. The molecule has 14 aromatic carbocycles. The highest BCUT2D eigenvalue weighted by Gasteiger charge is 2.47. The number of rotatable bonds is 8. The summed E-state index contributed by atoms with van der Waals surface area (Å²) in [6.07, 6.45) is 0. The van der Waals surface area contributed by atoms with E-state index in [1.54, 1.807) is 0 Å². The van der Waals surface area contributed by atoms with Gasteiger partial charge in [-0.05, 0) is 242 Å². The Bertz CT molecular complexity index is 5840. The van der Waals surface area contributed by atoms with E-state index in [1.165, 1.54) is 168 Å². The van der Waals surface area contributed by atoms with Crippen molar-refractivity contribution < 1.29 is 0 Å². The molecule has 0 N–H and O–H groups in total. The third-order valence-electron chi connectivity index (χ3n) is 23.5. The monoisotopic (exact) mass is 1440 g/mol. The summed E-state index contributed by atoms with van der Waals surface area (Å²) in [6.45, 7) is 37.1. The molecule has 4 heterocycles. The van der Waals surface area contributed by atoms with E-state index >= 15 is 0 Å². The van der Waals surface area contributed by atoms with Crippen LogP contribution in [0.3, 0.4) is 0 Å². The summed E-state index contributed by atoms with van der Waals surface area (Å²) in [4.78, 5) is 10.1. The van der Waals surface area contributed by atoms with E-state index < -0.39 is 0 Å². The maximum absolute atomic E-state index is 2.56. The molecule has 0 aliphatic carbocycles. The number of benzene rings is 14. The van der Waals surface area contributed by atoms with Gasteiger partial charge in [0, 0.05) is 68.2 Å². The van der Waals surface area contributed by atoms with E-state index in [4.69, 9.17) is 0 Å². The van der Waals surface area contributed by atoms with Crippen molar-refractivity contribution in [2.45, 2.75) is 138 Å². The Labute approximate surface area is 661 Å². The second-order valence-corrected chi connectivity index (χ2v) is 36.3. The molecule has 4 aliphatic rings. The number of nitrogens with zero attached hydrogens (tertiary/aromatic N) is 4. The SMILES string of the molecule is CC(C)(C)c1ccc(N2c3ccc(C(C)(C)C)cc3B3c4cc(-c5ccccc5)ccc4N(c4ccc(-c5ccccc5)cc4)c4cc(C(C)(C)C)cc2c43)cc1.Cc1cc2c3c(c1)N(c1ccc(C(C)(C)C)cc1)c1ccc(C(C)(C)C)cc1B3c1cc(-c3ccccc3)ccc1N2c1ccc(-c2ccccc2)cc1. The fraction of sp³-hybridized carbons (Fsp3) is 0.200. The lowest BCUT2D eigenvalue weighted by atomic mass is 9.33. The lowest BCUT2D eigenvalue weighted by molar-refractivity contribution is 0.589. The van der Waals surface area contributed by atoms with Gasteiger partial charge in [-0.1, -0.05) is 322 Å². The molecule has 0 unspecified atom stereocenters. The minimum absolute atomic E-state index is 0.000514. The van der Waals surface area contributed by atoms with Crippen LogP contribution in [-0.2, 0) is 27.1 Å². The standard InChI is InChI=1S/C54H53BN2.C51H47BN2/c1-52(2,3)40-23-28-44(29-24-40)57-48-31-25-41(53(4,5)6)33-46(48)55-45-32-39(37-18-14-11-15-19-37)22-30-47(45)56(49-34-42(54(7,8)9)35-50(57)51(49)55)43-26-20-38(21-27-43)36-16-12-10-13-17-36;1-34-30-47-49-48(31-34)54(42-26-21-39(22-27-42)50(2,3)4)46-29-23-40(51(5,6)7)33-44(46)52(49)43-32-38(36-16-12-9-13-17-36)20-28-45(43)53(47)41-24-18-37(19-25-41)35-14-10-8-11-15-35/h10-35H,1-9H3;8-33H,1-7H3. The third-order valence-corrected chi connectivity index (χ3v) is 23.5. The molecule has 0 aromatic heterocycles. The van der Waals surface area contributed by atoms with Crippen LogP contribution in [-0.4, -0.2) is 13.4 Å². The quantitative estimate of drug-likeness (QED) is 0.141. The Hall–Kier alpha value is -11.6. The minimum atomic E-state index is -0.0839. The molecule has 0 bridgehead atoms. The van der Waals surface area contributed by atoms with E-state index in [9.17, 15) is 0 Å². The molecular weight excluding hydrogens is 1340 g/mol. The number of fused-ring (bicyclic) bond motifs is 8. The summed E-state index contributed by atoms with van der Waals surface area (Å²) in [5.74, 6) is 0. The number of aryl methyl sites for hydroxylation is 1. The fourth-order valence-electron chi connectivity index (χ4n) is 17.3. The molecule has 0 saturated carbocycles. The van der Waals surface area contributed by atoms with Crippen LogP contribution >= 0.6 is 0 Å². The summed E-state index contributed by atoms with van der Waals surface area (Å²) in [5.41, 5.74) is 40.5. The second-order valence-electron chi connectivity index (χ2n) is 36.3. The average Bonchev–Trinajstić information content (AvgIpc) is 0.699. The van der Waals surface area contributed by atoms with E-state index in [-0.39, 0.29) is 40.5 Å². The van der Waals surface area contributed by atoms with Gasteiger partial charge in [0.05, 0.1) is 0 Å². The van der Waals surface area contributed by atoms with Crippen LogP contribution in [0.15, 0.2) is 315 Å². The van der Waals surface area contributed by atoms with Crippen molar-refractivity contribution in [1.29, 1.82) is 0 Å². The highest BCUT2D eigenvalue weighted by Crippen LogP contribution is 2.50. The Balaban J connectivity index is 0.000000162. The number of anilines is 12. The first-order valence-electron chi connectivity index (χ1n) is 39.9. The summed E-state index contributed by atoms with van der Waals surface area (Å²) >= 11 is 0. The Morgan fingerprint density at radius 2 is 0.414 bits per heavy atom. The summed E-state index contributed by atoms with van der Waals surface area (Å²) in [7, 11) is 0. The van der Waals surface area contributed by atoms with Gasteiger partial charge in [0.15, 0.2) is 0 Å². The molecule has 4 nitrogen and oxygen atoms in total. The Morgan fingerprint density at radius 3 is 0.703 bits per heavy atom. The van der Waals surface area contributed by atoms with Crippen LogP contribution in [0.5, 0.6) is 0 Å². The maximum Gasteiger partial charge on any atom is 0.252 e. The maximum atomic E-state index is 2.56. The largest absolute Gasteiger partial charge is 0.311 e. The van der Waals surface area contributed by atoms with Crippen molar-refractivity contribution in [3.05, 3.63) is 349 Å². The molecule has 111 heavy (non-hydrogen) atoms. The molecule has 4 aliphatic heterocycles. The van der Waals surface area contributed by atoms with E-state index in [0.29, 0.717) is 0 Å². The van der Waals surface area contributed by atoms with Crippen molar-refractivity contribution in [3.8, 4) is 44.5 Å². The zero-order valence-electron chi connectivity index (χ0n) is 67.5. The molecule has 0 atom stereocenters. The van der Waals surface area contributed by atoms with Crippen molar-refractivity contribution in [2.24, 2.45) is 0 Å². The lowest BCUT2D eigenvalue weighted by Gasteiger charge is -2.45. The van der Waals surface area contributed by atoms with Crippen LogP contribution in [0.2, 0.25) is 0 Å². The highest BCUT2D eigenvalue weighted by atomic mass is 15.2. The van der Waals surface area contributed by atoms with Crippen LogP contribution in [0.25, 0.3) is 44.5 Å². The van der Waals surface area contributed by atoms with Crippen molar-refractivity contribution in [2.75, 3.05) is 19.6 Å². The molecule has 0 radical (unpaired) electrons. The normalized spacial score (nSPS) is 13.5. The average molecular weight is 1440 g/mol. The van der Waals surface area contributed by atoms with Crippen LogP contribution in [0, 0.1) is 6.92 Å². The molecule has 0 fully saturated rings. The molecule has 14 aromatic rings. The fourth-order valence-corrected chi connectivity index (χ4v) is 17.3. The van der Waals surface area contributed by atoms with E-state index in [2.05, 4.69) is 446 Å².